The van der Waals surface area contributed by atoms with E-state index >= 15 is 0 Å². The first-order valence-electron chi connectivity index (χ1n) is 25.2. The summed E-state index contributed by atoms with van der Waals surface area (Å²) in [6.45, 7) is 19.0. The normalized spacial score (nSPS) is 19.2. The SMILES string of the molecule is C=CC(=O)OCCCCCCC1CCC(c2ccc(OCCCC[Si](C)(C)O[Si](C)(C)CCCCOc3ccc(C4CCC(CCCCCCOC(=O)C=C)CC4)cc3)cc2)CC1. The van der Waals surface area contributed by atoms with E-state index in [0.29, 0.717) is 25.0 Å². The van der Waals surface area contributed by atoms with Gasteiger partial charge in [-0.1, -0.05) is 102 Å². The summed E-state index contributed by atoms with van der Waals surface area (Å²) in [4.78, 5) is 22.3. The number of carbonyl (C=O) groups excluding carboxylic acids is 2. The van der Waals surface area contributed by atoms with Gasteiger partial charge in [0.1, 0.15) is 11.5 Å². The molecule has 0 aromatic heterocycles. The van der Waals surface area contributed by atoms with Crippen LogP contribution in [-0.2, 0) is 23.2 Å². The maximum absolute atomic E-state index is 11.1. The molecule has 0 saturated heterocycles. The first-order chi connectivity index (χ1) is 30.4. The molecule has 4 rings (SSSR count). The van der Waals surface area contributed by atoms with Crippen LogP contribution in [0.5, 0.6) is 11.5 Å². The van der Waals surface area contributed by atoms with Crippen LogP contribution >= 0.6 is 0 Å². The molecule has 0 radical (unpaired) electrons. The minimum atomic E-state index is -1.74. The van der Waals surface area contributed by atoms with Crippen LogP contribution in [0.15, 0.2) is 73.8 Å². The van der Waals surface area contributed by atoms with Crippen LogP contribution in [0.25, 0.3) is 0 Å². The van der Waals surface area contributed by atoms with Gasteiger partial charge in [-0.15, -0.1) is 0 Å². The minimum absolute atomic E-state index is 0.316. The van der Waals surface area contributed by atoms with Gasteiger partial charge in [0.2, 0.25) is 0 Å². The monoisotopic (exact) mass is 903 g/mol. The Bertz CT molecular complexity index is 1460. The third-order valence-electron chi connectivity index (χ3n) is 13.7. The highest BCUT2D eigenvalue weighted by molar-refractivity contribution is 6.84. The lowest BCUT2D eigenvalue weighted by atomic mass is 9.77. The van der Waals surface area contributed by atoms with E-state index in [1.54, 1.807) is 0 Å². The van der Waals surface area contributed by atoms with Gasteiger partial charge >= 0.3 is 11.9 Å². The average Bonchev–Trinajstić information content (AvgIpc) is 3.28. The Morgan fingerprint density at radius 1 is 0.492 bits per heavy atom. The predicted molar refractivity (Wildman–Crippen MR) is 266 cm³/mol. The summed E-state index contributed by atoms with van der Waals surface area (Å²) in [7, 11) is -3.48. The van der Waals surface area contributed by atoms with Gasteiger partial charge in [0.25, 0.3) is 0 Å². The van der Waals surface area contributed by atoms with Crippen LogP contribution in [0, 0.1) is 11.8 Å². The molecule has 0 heterocycles. The molecule has 0 amide bonds. The van der Waals surface area contributed by atoms with E-state index in [4.69, 9.17) is 23.1 Å². The fourth-order valence-corrected chi connectivity index (χ4v) is 19.0. The van der Waals surface area contributed by atoms with Crippen molar-refractivity contribution < 1.29 is 32.7 Å². The third kappa shape index (κ3) is 22.1. The highest BCUT2D eigenvalue weighted by atomic mass is 28.4. The molecule has 7 nitrogen and oxygen atoms in total. The lowest BCUT2D eigenvalue weighted by Crippen LogP contribution is -2.44. The quantitative estimate of drug-likeness (QED) is 0.0313. The smallest absolute Gasteiger partial charge is 0.330 e. The van der Waals surface area contributed by atoms with Crippen molar-refractivity contribution in [1.29, 1.82) is 0 Å². The molecular weight excluding hydrogens is 817 g/mol. The van der Waals surface area contributed by atoms with Crippen LogP contribution in [0.1, 0.15) is 164 Å². The highest BCUT2D eigenvalue weighted by Gasteiger charge is 2.32. The number of hydrogen-bond acceptors (Lipinski definition) is 7. The summed E-state index contributed by atoms with van der Waals surface area (Å²) in [5, 5.41) is 0. The summed E-state index contributed by atoms with van der Waals surface area (Å²) in [5.74, 6) is 4.43. The van der Waals surface area contributed by atoms with Crippen molar-refractivity contribution in [3.05, 3.63) is 85.0 Å². The van der Waals surface area contributed by atoms with E-state index in [9.17, 15) is 9.59 Å². The maximum atomic E-state index is 11.1. The summed E-state index contributed by atoms with van der Waals surface area (Å²) in [5.41, 5.74) is 2.94. The van der Waals surface area contributed by atoms with Gasteiger partial charge in [-0.3, -0.25) is 0 Å². The molecule has 0 spiro atoms. The summed E-state index contributed by atoms with van der Waals surface area (Å²) in [6, 6.07) is 20.3. The number of benzene rings is 2. The Labute approximate surface area is 385 Å². The van der Waals surface area contributed by atoms with Gasteiger partial charge < -0.3 is 23.1 Å². The molecule has 352 valence electrons. The van der Waals surface area contributed by atoms with Crippen molar-refractivity contribution in [1.82, 2.24) is 0 Å². The Hall–Kier alpha value is -3.15. The number of rotatable bonds is 32. The average molecular weight is 903 g/mol. The molecule has 2 aromatic carbocycles. The van der Waals surface area contributed by atoms with E-state index < -0.39 is 16.6 Å². The lowest BCUT2D eigenvalue weighted by molar-refractivity contribution is -0.138. The van der Waals surface area contributed by atoms with E-state index in [2.05, 4.69) is 87.9 Å². The summed E-state index contributed by atoms with van der Waals surface area (Å²) < 4.78 is 29.5. The molecule has 2 aliphatic rings. The zero-order valence-electron chi connectivity index (χ0n) is 40.2. The molecule has 0 bridgehead atoms. The predicted octanol–water partition coefficient (Wildman–Crippen LogP) is 15.0. The summed E-state index contributed by atoms with van der Waals surface area (Å²) in [6.07, 6.45) is 29.2. The summed E-state index contributed by atoms with van der Waals surface area (Å²) >= 11 is 0. The molecule has 0 aliphatic heterocycles. The number of carbonyl (C=O) groups is 2. The number of unbranched alkanes of at least 4 members (excludes halogenated alkanes) is 8. The van der Waals surface area contributed by atoms with Crippen molar-refractivity contribution in [3.63, 3.8) is 0 Å². The van der Waals surface area contributed by atoms with E-state index in [0.717, 1.165) is 87.9 Å². The molecule has 0 unspecified atom stereocenters. The van der Waals surface area contributed by atoms with Gasteiger partial charge in [-0.2, -0.15) is 0 Å². The number of ether oxygens (including phenoxy) is 4. The third-order valence-corrected chi connectivity index (χ3v) is 21.2. The second-order valence-corrected chi connectivity index (χ2v) is 28.8. The van der Waals surface area contributed by atoms with Crippen molar-refractivity contribution in [3.8, 4) is 11.5 Å². The van der Waals surface area contributed by atoms with Gasteiger partial charge in [-0.25, -0.2) is 9.59 Å². The second kappa shape index (κ2) is 29.4. The second-order valence-electron chi connectivity index (χ2n) is 20.0. The van der Waals surface area contributed by atoms with Crippen LogP contribution < -0.4 is 9.47 Å². The molecule has 2 saturated carbocycles. The Balaban J connectivity index is 0.984. The molecule has 2 aromatic rings. The fourth-order valence-electron chi connectivity index (χ4n) is 10.0. The van der Waals surface area contributed by atoms with Gasteiger partial charge in [-0.05, 0) is 174 Å². The molecule has 0 atom stereocenters. The largest absolute Gasteiger partial charge is 0.494 e. The molecule has 63 heavy (non-hydrogen) atoms. The standard InChI is InChI=1S/C54H86O7Si2/c1-7-53(55)59-41-15-11-9-13-21-45-23-27-47(28-24-45)49-31-35-51(36-32-49)57-39-17-19-43-62(3,4)61-63(5,6)44-20-18-40-58-52-37-33-50(34-38-52)48-29-25-46(26-30-48)22-14-10-12-16-42-60-54(56)8-2/h7-8,31-38,45-48H,1-2,9-30,39-44H2,3-6H3. The zero-order chi connectivity index (χ0) is 45.2. The van der Waals surface area contributed by atoms with Crippen LogP contribution in [0.4, 0.5) is 0 Å². The molecular formula is C54H86O7Si2. The first kappa shape index (κ1) is 52.5. The lowest BCUT2D eigenvalue weighted by Gasteiger charge is -2.34. The fraction of sp³-hybridized carbons (Fsp3) is 0.667. The van der Waals surface area contributed by atoms with Gasteiger partial charge in [0, 0.05) is 12.2 Å². The Morgan fingerprint density at radius 2 is 0.841 bits per heavy atom. The van der Waals surface area contributed by atoms with Crippen LogP contribution in [-0.4, -0.2) is 55.0 Å². The number of hydrogen-bond donors (Lipinski definition) is 0. The van der Waals surface area contributed by atoms with Gasteiger partial charge in [0.15, 0.2) is 16.6 Å². The highest BCUT2D eigenvalue weighted by Crippen LogP contribution is 2.39. The first-order valence-corrected chi connectivity index (χ1v) is 31.4. The van der Waals surface area contributed by atoms with E-state index in [1.165, 1.54) is 125 Å². The van der Waals surface area contributed by atoms with Crippen molar-refractivity contribution in [2.45, 2.75) is 191 Å². The van der Waals surface area contributed by atoms with Crippen molar-refractivity contribution >= 4 is 28.6 Å². The maximum Gasteiger partial charge on any atom is 0.330 e. The minimum Gasteiger partial charge on any atom is -0.494 e. The van der Waals surface area contributed by atoms with Crippen LogP contribution in [0.3, 0.4) is 0 Å². The Kier molecular flexibility index (Phi) is 24.5. The zero-order valence-corrected chi connectivity index (χ0v) is 42.2. The van der Waals surface area contributed by atoms with E-state index in [-0.39, 0.29) is 11.9 Å². The van der Waals surface area contributed by atoms with E-state index in [1.807, 2.05) is 0 Å². The molecule has 9 heteroatoms. The number of esters is 2. The molecule has 0 N–H and O–H groups in total. The van der Waals surface area contributed by atoms with Gasteiger partial charge in [0.05, 0.1) is 26.4 Å². The van der Waals surface area contributed by atoms with Crippen molar-refractivity contribution in [2.24, 2.45) is 11.8 Å². The van der Waals surface area contributed by atoms with Crippen LogP contribution in [0.2, 0.25) is 38.3 Å². The molecule has 2 fully saturated rings. The van der Waals surface area contributed by atoms with Crippen molar-refractivity contribution in [2.75, 3.05) is 26.4 Å². The molecule has 2 aliphatic carbocycles. The topological polar surface area (TPSA) is 80.3 Å². The Morgan fingerprint density at radius 3 is 1.21 bits per heavy atom.